The fraction of sp³-hybridized carbons (Fsp3) is 0.538. The third-order valence-electron chi connectivity index (χ3n) is 3.01. The van der Waals surface area contributed by atoms with E-state index in [1.54, 1.807) is 7.11 Å². The summed E-state index contributed by atoms with van der Waals surface area (Å²) in [6.45, 7) is 1.95. The van der Waals surface area contributed by atoms with Crippen LogP contribution in [0.3, 0.4) is 0 Å². The van der Waals surface area contributed by atoms with Gasteiger partial charge in [0.05, 0.1) is 7.11 Å². The fourth-order valence-corrected chi connectivity index (χ4v) is 2.58. The lowest BCUT2D eigenvalue weighted by Gasteiger charge is -2.36. The molecule has 0 atom stereocenters. The third kappa shape index (κ3) is 2.96. The number of nitrogens with zero attached hydrogens (tertiary/aromatic N) is 1. The van der Waals surface area contributed by atoms with Crippen molar-refractivity contribution in [2.24, 2.45) is 0 Å². The van der Waals surface area contributed by atoms with Crippen LogP contribution in [0.5, 0.6) is 11.5 Å². The van der Waals surface area contributed by atoms with Gasteiger partial charge in [0, 0.05) is 29.7 Å². The molecule has 1 saturated heterocycles. The van der Waals surface area contributed by atoms with Crippen LogP contribution in [-0.4, -0.2) is 50.0 Å². The second-order valence-electron chi connectivity index (χ2n) is 4.53. The second-order valence-corrected chi connectivity index (χ2v) is 5.45. The maximum atomic E-state index is 9.13. The van der Waals surface area contributed by atoms with Gasteiger partial charge in [0.1, 0.15) is 6.10 Å². The molecule has 0 saturated carbocycles. The lowest BCUT2D eigenvalue weighted by Crippen LogP contribution is -2.51. The maximum Gasteiger partial charge on any atom is 0.165 e. The van der Waals surface area contributed by atoms with Gasteiger partial charge in [-0.3, -0.25) is 4.90 Å². The Morgan fingerprint density at radius 3 is 2.72 bits per heavy atom. The number of methoxy groups -OCH3 is 1. The minimum Gasteiger partial charge on any atom is -0.493 e. The zero-order chi connectivity index (χ0) is 13.1. The first-order valence-electron chi connectivity index (χ1n) is 5.96. The third-order valence-corrected chi connectivity index (χ3v) is 3.47. The Morgan fingerprint density at radius 1 is 1.44 bits per heavy atom. The molecule has 18 heavy (non-hydrogen) atoms. The van der Waals surface area contributed by atoms with E-state index in [1.807, 2.05) is 12.1 Å². The van der Waals surface area contributed by atoms with Crippen LogP contribution in [0.1, 0.15) is 5.56 Å². The van der Waals surface area contributed by atoms with E-state index in [1.165, 1.54) is 0 Å². The topological polar surface area (TPSA) is 41.9 Å². The summed E-state index contributed by atoms with van der Waals surface area (Å²) in [5.74, 6) is 1.47. The smallest absolute Gasteiger partial charge is 0.165 e. The van der Waals surface area contributed by atoms with Crippen LogP contribution in [-0.2, 0) is 6.42 Å². The zero-order valence-corrected chi connectivity index (χ0v) is 12.2. The second kappa shape index (κ2) is 5.91. The van der Waals surface area contributed by atoms with Gasteiger partial charge in [-0.2, -0.15) is 0 Å². The van der Waals surface area contributed by atoms with E-state index in [0.29, 0.717) is 12.2 Å². The van der Waals surface area contributed by atoms with Gasteiger partial charge in [-0.15, -0.1) is 0 Å². The predicted octanol–water partition coefficient (Wildman–Crippen LogP) is 1.69. The summed E-state index contributed by atoms with van der Waals surface area (Å²) in [5.41, 5.74) is 0.971. The predicted molar refractivity (Wildman–Crippen MR) is 73.4 cm³/mol. The molecule has 0 radical (unpaired) electrons. The number of hydrogen-bond donors (Lipinski definition) is 1. The van der Waals surface area contributed by atoms with Crippen LogP contribution in [0.2, 0.25) is 0 Å². The van der Waals surface area contributed by atoms with Crippen molar-refractivity contribution in [3.05, 3.63) is 22.2 Å². The maximum absolute atomic E-state index is 9.13. The first-order valence-corrected chi connectivity index (χ1v) is 6.75. The first-order chi connectivity index (χ1) is 8.63. The number of likely N-dealkylation sites (tertiary alicyclic amines) is 1. The highest BCUT2D eigenvalue weighted by Crippen LogP contribution is 2.36. The number of rotatable bonds is 5. The van der Waals surface area contributed by atoms with Crippen molar-refractivity contribution in [1.82, 2.24) is 4.90 Å². The van der Waals surface area contributed by atoms with Gasteiger partial charge in [-0.25, -0.2) is 0 Å². The number of halogens is 1. The van der Waals surface area contributed by atoms with Crippen molar-refractivity contribution >= 4 is 15.9 Å². The van der Waals surface area contributed by atoms with Gasteiger partial charge in [-0.1, -0.05) is 15.9 Å². The van der Waals surface area contributed by atoms with Crippen LogP contribution >= 0.6 is 15.9 Å². The van der Waals surface area contributed by atoms with Gasteiger partial charge >= 0.3 is 0 Å². The number of ether oxygens (including phenoxy) is 2. The van der Waals surface area contributed by atoms with E-state index in [-0.39, 0.29) is 12.7 Å². The Bertz CT molecular complexity index is 419. The summed E-state index contributed by atoms with van der Waals surface area (Å²) in [4.78, 5) is 2.20. The summed E-state index contributed by atoms with van der Waals surface area (Å²) in [5, 5.41) is 9.13. The van der Waals surface area contributed by atoms with Crippen molar-refractivity contribution < 1.29 is 14.6 Å². The van der Waals surface area contributed by atoms with Gasteiger partial charge in [0.25, 0.3) is 0 Å². The average molecular weight is 316 g/mol. The van der Waals surface area contributed by atoms with E-state index in [2.05, 4.69) is 27.9 Å². The summed E-state index contributed by atoms with van der Waals surface area (Å²) in [7, 11) is 3.69. The molecule has 2 rings (SSSR count). The van der Waals surface area contributed by atoms with Crippen LogP contribution < -0.4 is 9.47 Å². The molecule has 100 valence electrons. The highest BCUT2D eigenvalue weighted by atomic mass is 79.9. The van der Waals surface area contributed by atoms with Crippen molar-refractivity contribution in [1.29, 1.82) is 0 Å². The van der Waals surface area contributed by atoms with Crippen LogP contribution in [0.25, 0.3) is 0 Å². The Morgan fingerprint density at radius 2 is 2.17 bits per heavy atom. The lowest BCUT2D eigenvalue weighted by molar-refractivity contribution is 0.0361. The summed E-state index contributed by atoms with van der Waals surface area (Å²) >= 11 is 3.44. The zero-order valence-electron chi connectivity index (χ0n) is 10.6. The molecular weight excluding hydrogens is 298 g/mol. The molecule has 1 fully saturated rings. The Balaban J connectivity index is 2.23. The van der Waals surface area contributed by atoms with Crippen molar-refractivity contribution in [2.45, 2.75) is 12.5 Å². The Hall–Kier alpha value is -0.780. The SMILES string of the molecule is COc1cc(Br)cc(CCO)c1OC1CN(C)C1. The normalized spacial score (nSPS) is 16.4. The van der Waals surface area contributed by atoms with Crippen molar-refractivity contribution in [2.75, 3.05) is 33.9 Å². The molecule has 0 aromatic heterocycles. The van der Waals surface area contributed by atoms with Crippen LogP contribution in [0.15, 0.2) is 16.6 Å². The molecule has 1 N–H and O–H groups in total. The minimum absolute atomic E-state index is 0.0978. The molecule has 0 aliphatic carbocycles. The quantitative estimate of drug-likeness (QED) is 0.898. The molecule has 4 nitrogen and oxygen atoms in total. The molecule has 1 aliphatic rings. The number of likely N-dealkylation sites (N-methyl/N-ethyl adjacent to an activating group) is 1. The number of aliphatic hydroxyl groups is 1. The molecule has 5 heteroatoms. The van der Waals surface area contributed by atoms with Gasteiger partial charge in [0.15, 0.2) is 11.5 Å². The molecule has 0 unspecified atom stereocenters. The van der Waals surface area contributed by atoms with Gasteiger partial charge < -0.3 is 14.6 Å². The number of benzene rings is 1. The van der Waals surface area contributed by atoms with Crippen molar-refractivity contribution in [3.63, 3.8) is 0 Å². The Kier molecular flexibility index (Phi) is 4.48. The fourth-order valence-electron chi connectivity index (χ4n) is 2.10. The molecule has 0 bridgehead atoms. The molecular formula is C13H18BrNO3. The van der Waals surface area contributed by atoms with Gasteiger partial charge in [-0.05, 0) is 25.6 Å². The standard InChI is InChI=1S/C13H18BrNO3/c1-15-7-11(8-15)18-13-9(3-4-16)5-10(14)6-12(13)17-2/h5-6,11,16H,3-4,7-8H2,1-2H3. The number of hydrogen-bond acceptors (Lipinski definition) is 4. The lowest BCUT2D eigenvalue weighted by atomic mass is 10.1. The minimum atomic E-state index is 0.0978. The van der Waals surface area contributed by atoms with Crippen LogP contribution in [0, 0.1) is 0 Å². The van der Waals surface area contributed by atoms with E-state index < -0.39 is 0 Å². The first kappa shape index (κ1) is 13.6. The van der Waals surface area contributed by atoms with E-state index in [4.69, 9.17) is 14.6 Å². The van der Waals surface area contributed by atoms with E-state index in [9.17, 15) is 0 Å². The van der Waals surface area contributed by atoms with E-state index in [0.717, 1.165) is 28.9 Å². The molecule has 1 aliphatic heterocycles. The van der Waals surface area contributed by atoms with Crippen molar-refractivity contribution in [3.8, 4) is 11.5 Å². The molecule has 1 aromatic carbocycles. The molecule has 0 spiro atoms. The van der Waals surface area contributed by atoms with Crippen LogP contribution in [0.4, 0.5) is 0 Å². The Labute approximate surface area is 116 Å². The molecule has 1 aromatic rings. The highest BCUT2D eigenvalue weighted by molar-refractivity contribution is 9.10. The van der Waals surface area contributed by atoms with Gasteiger partial charge in [0.2, 0.25) is 0 Å². The summed E-state index contributed by atoms with van der Waals surface area (Å²) < 4.78 is 12.3. The molecule has 0 amide bonds. The number of aliphatic hydroxyl groups excluding tert-OH is 1. The monoisotopic (exact) mass is 315 g/mol. The summed E-state index contributed by atoms with van der Waals surface area (Å²) in [6.07, 6.45) is 0.774. The largest absolute Gasteiger partial charge is 0.493 e. The highest BCUT2D eigenvalue weighted by Gasteiger charge is 2.27. The summed E-state index contributed by atoms with van der Waals surface area (Å²) in [6, 6.07) is 3.86. The average Bonchev–Trinajstić information content (AvgIpc) is 2.30. The van der Waals surface area contributed by atoms with E-state index >= 15 is 0 Å². The molecule has 1 heterocycles.